The number of imide groups is 1. The first-order valence-corrected chi connectivity index (χ1v) is 9.99. The molecular weight excluding hydrogens is 349 g/mol. The number of benzene rings is 2. The zero-order valence-electron chi connectivity index (χ0n) is 14.6. The number of hydrogen-bond donors (Lipinski definition) is 0. The summed E-state index contributed by atoms with van der Waals surface area (Å²) in [4.78, 5) is 27.0. The van der Waals surface area contributed by atoms with Gasteiger partial charge in [-0.1, -0.05) is 31.4 Å². The van der Waals surface area contributed by atoms with Crippen LogP contribution in [0.25, 0.3) is 0 Å². The fraction of sp³-hybridized carbons (Fsp3) is 0.333. The van der Waals surface area contributed by atoms with Gasteiger partial charge in [-0.3, -0.25) is 14.5 Å². The Hall–Kier alpha value is -2.14. The van der Waals surface area contributed by atoms with Gasteiger partial charge in [-0.15, -0.1) is 11.8 Å². The average molecular weight is 371 g/mol. The third-order valence-electron chi connectivity index (χ3n) is 4.49. The zero-order valence-corrected chi connectivity index (χ0v) is 15.4. The van der Waals surface area contributed by atoms with Crippen LogP contribution in [0, 0.1) is 5.82 Å². The molecule has 0 saturated carbocycles. The van der Waals surface area contributed by atoms with E-state index in [0.29, 0.717) is 17.7 Å². The Morgan fingerprint density at radius 3 is 2.00 bits per heavy atom. The molecular formula is C21H22FNO2S. The van der Waals surface area contributed by atoms with Crippen LogP contribution >= 0.6 is 11.8 Å². The Balaban J connectivity index is 1.29. The molecule has 0 spiro atoms. The van der Waals surface area contributed by atoms with Gasteiger partial charge in [0.25, 0.3) is 11.8 Å². The second-order valence-corrected chi connectivity index (χ2v) is 7.55. The number of fused-ring (bicyclic) bond motifs is 1. The summed E-state index contributed by atoms with van der Waals surface area (Å²) in [6.45, 7) is 0.497. The number of halogens is 1. The molecule has 2 amide bonds. The van der Waals surface area contributed by atoms with Crippen LogP contribution < -0.4 is 0 Å². The van der Waals surface area contributed by atoms with E-state index >= 15 is 0 Å². The first kappa shape index (κ1) is 18.6. The molecule has 3 nitrogen and oxygen atoms in total. The molecule has 0 N–H and O–H groups in total. The highest BCUT2D eigenvalue weighted by Gasteiger charge is 2.34. The van der Waals surface area contributed by atoms with Crippen molar-refractivity contribution in [2.24, 2.45) is 0 Å². The van der Waals surface area contributed by atoms with Gasteiger partial charge in [-0.2, -0.15) is 0 Å². The Kier molecular flexibility index (Phi) is 6.45. The smallest absolute Gasteiger partial charge is 0.261 e. The van der Waals surface area contributed by atoms with Crippen LogP contribution in [-0.2, 0) is 0 Å². The van der Waals surface area contributed by atoms with Gasteiger partial charge in [0.15, 0.2) is 0 Å². The normalized spacial score (nSPS) is 13.3. The summed E-state index contributed by atoms with van der Waals surface area (Å²) in [6, 6.07) is 13.6. The summed E-state index contributed by atoms with van der Waals surface area (Å²) in [5, 5.41) is 0. The minimum absolute atomic E-state index is 0.165. The summed E-state index contributed by atoms with van der Waals surface area (Å²) in [5.41, 5.74) is 1.05. The number of hydrogen-bond acceptors (Lipinski definition) is 3. The lowest BCUT2D eigenvalue weighted by molar-refractivity contribution is 0.0651. The van der Waals surface area contributed by atoms with Crippen molar-refractivity contribution in [3.63, 3.8) is 0 Å². The number of carbonyl (C=O) groups excluding carboxylic acids is 2. The summed E-state index contributed by atoms with van der Waals surface area (Å²) in [5.74, 6) is 0.485. The summed E-state index contributed by atoms with van der Waals surface area (Å²) in [6.07, 6.45) is 5.17. The van der Waals surface area contributed by atoms with E-state index in [4.69, 9.17) is 0 Å². The minimum Gasteiger partial charge on any atom is -0.274 e. The van der Waals surface area contributed by atoms with Gasteiger partial charge in [0.2, 0.25) is 0 Å². The fourth-order valence-corrected chi connectivity index (χ4v) is 3.98. The lowest BCUT2D eigenvalue weighted by Crippen LogP contribution is -2.30. The molecule has 136 valence electrons. The molecule has 2 aromatic carbocycles. The van der Waals surface area contributed by atoms with Crippen molar-refractivity contribution in [3.05, 3.63) is 65.5 Å². The molecule has 0 aromatic heterocycles. The van der Waals surface area contributed by atoms with Crippen LogP contribution in [0.1, 0.15) is 52.8 Å². The number of thioether (sulfide) groups is 1. The standard InChI is InChI=1S/C21H22FNO2S/c22-16-10-12-17(13-11-16)26-15-7-3-1-2-6-14-23-20(24)18-8-4-5-9-19(18)21(23)25/h4-5,8-13H,1-3,6-7,14-15H2. The van der Waals surface area contributed by atoms with Crippen molar-refractivity contribution in [2.75, 3.05) is 12.3 Å². The van der Waals surface area contributed by atoms with Crippen molar-refractivity contribution in [1.82, 2.24) is 4.90 Å². The van der Waals surface area contributed by atoms with Crippen LogP contribution in [-0.4, -0.2) is 29.0 Å². The molecule has 5 heteroatoms. The van der Waals surface area contributed by atoms with E-state index in [1.807, 2.05) is 12.1 Å². The molecule has 3 rings (SSSR count). The molecule has 0 unspecified atom stereocenters. The Morgan fingerprint density at radius 2 is 1.35 bits per heavy atom. The lowest BCUT2D eigenvalue weighted by atomic mass is 10.1. The third kappa shape index (κ3) is 4.52. The summed E-state index contributed by atoms with van der Waals surface area (Å²) >= 11 is 1.74. The number of nitrogens with zero attached hydrogens (tertiary/aromatic N) is 1. The first-order chi connectivity index (χ1) is 12.7. The van der Waals surface area contributed by atoms with Gasteiger partial charge in [0.05, 0.1) is 11.1 Å². The van der Waals surface area contributed by atoms with Crippen LogP contribution in [0.2, 0.25) is 0 Å². The van der Waals surface area contributed by atoms with Crippen LogP contribution in [0.15, 0.2) is 53.4 Å². The third-order valence-corrected chi connectivity index (χ3v) is 5.58. The van der Waals surface area contributed by atoms with E-state index in [1.165, 1.54) is 17.0 Å². The van der Waals surface area contributed by atoms with Crippen molar-refractivity contribution in [1.29, 1.82) is 0 Å². The van der Waals surface area contributed by atoms with Gasteiger partial charge < -0.3 is 0 Å². The molecule has 0 radical (unpaired) electrons. The summed E-state index contributed by atoms with van der Waals surface area (Å²) < 4.78 is 12.8. The quantitative estimate of drug-likeness (QED) is 0.347. The molecule has 2 aromatic rings. The van der Waals surface area contributed by atoms with E-state index in [2.05, 4.69) is 0 Å². The van der Waals surface area contributed by atoms with E-state index in [-0.39, 0.29) is 17.6 Å². The maximum Gasteiger partial charge on any atom is 0.261 e. The van der Waals surface area contributed by atoms with E-state index < -0.39 is 0 Å². The van der Waals surface area contributed by atoms with Gasteiger partial charge in [0, 0.05) is 11.4 Å². The number of amides is 2. The Bertz CT molecular complexity index is 741. The molecule has 0 saturated heterocycles. The van der Waals surface area contributed by atoms with E-state index in [1.54, 1.807) is 36.0 Å². The van der Waals surface area contributed by atoms with Crippen molar-refractivity contribution in [3.8, 4) is 0 Å². The molecule has 1 aliphatic rings. The molecule has 1 heterocycles. The average Bonchev–Trinajstić information content (AvgIpc) is 2.90. The maximum absolute atomic E-state index is 12.8. The second-order valence-electron chi connectivity index (χ2n) is 6.38. The highest BCUT2D eigenvalue weighted by atomic mass is 32.2. The topological polar surface area (TPSA) is 37.4 Å². The highest BCUT2D eigenvalue weighted by Crippen LogP contribution is 2.23. The van der Waals surface area contributed by atoms with E-state index in [9.17, 15) is 14.0 Å². The minimum atomic E-state index is -0.201. The van der Waals surface area contributed by atoms with Crippen molar-refractivity contribution < 1.29 is 14.0 Å². The molecule has 1 aliphatic heterocycles. The lowest BCUT2D eigenvalue weighted by Gasteiger charge is -2.13. The van der Waals surface area contributed by atoms with Gasteiger partial charge >= 0.3 is 0 Å². The first-order valence-electron chi connectivity index (χ1n) is 9.00. The van der Waals surface area contributed by atoms with Crippen LogP contribution in [0.3, 0.4) is 0 Å². The molecule has 0 fully saturated rings. The monoisotopic (exact) mass is 371 g/mol. The number of carbonyl (C=O) groups is 2. The predicted molar refractivity (Wildman–Crippen MR) is 102 cm³/mol. The summed E-state index contributed by atoms with van der Waals surface area (Å²) in [7, 11) is 0. The fourth-order valence-electron chi connectivity index (χ4n) is 3.07. The highest BCUT2D eigenvalue weighted by molar-refractivity contribution is 7.99. The molecule has 0 bridgehead atoms. The van der Waals surface area contributed by atoms with Crippen LogP contribution in [0.4, 0.5) is 4.39 Å². The zero-order chi connectivity index (χ0) is 18.4. The number of unbranched alkanes of at least 4 members (excludes halogenated alkanes) is 4. The second kappa shape index (κ2) is 8.99. The van der Waals surface area contributed by atoms with Gasteiger partial charge in [-0.05, 0) is 55.0 Å². The van der Waals surface area contributed by atoms with Crippen molar-refractivity contribution in [2.45, 2.75) is 37.0 Å². The molecule has 0 atom stereocenters. The predicted octanol–water partition coefficient (Wildman–Crippen LogP) is 5.16. The molecule has 0 aliphatic carbocycles. The van der Waals surface area contributed by atoms with Gasteiger partial charge in [0.1, 0.15) is 5.82 Å². The largest absolute Gasteiger partial charge is 0.274 e. The SMILES string of the molecule is O=C1c2ccccc2C(=O)N1CCCCCCCSc1ccc(F)cc1. The Morgan fingerprint density at radius 1 is 0.769 bits per heavy atom. The Labute approximate surface area is 157 Å². The maximum atomic E-state index is 12.8. The molecule has 26 heavy (non-hydrogen) atoms. The van der Waals surface area contributed by atoms with Crippen molar-refractivity contribution >= 4 is 23.6 Å². The number of rotatable bonds is 9. The van der Waals surface area contributed by atoms with E-state index in [0.717, 1.165) is 42.8 Å². The van der Waals surface area contributed by atoms with Crippen LogP contribution in [0.5, 0.6) is 0 Å². The van der Waals surface area contributed by atoms with Gasteiger partial charge in [-0.25, -0.2) is 4.39 Å².